The number of β-amino-alcohol motifs (C(OH)–C–C–N with tert-alkyl or cyclic N) is 1. The molecule has 1 aromatic heterocycles. The monoisotopic (exact) mass is 386 g/mol. The highest BCUT2D eigenvalue weighted by Crippen LogP contribution is 2.36. The Morgan fingerprint density at radius 1 is 1.42 bits per heavy atom. The minimum Gasteiger partial charge on any atom is -0.444 e. The second-order valence-electron chi connectivity index (χ2n) is 7.53. The lowest BCUT2D eigenvalue weighted by Crippen LogP contribution is -2.58. The quantitative estimate of drug-likeness (QED) is 0.777. The lowest BCUT2D eigenvalue weighted by molar-refractivity contribution is -0.0365. The van der Waals surface area contributed by atoms with Gasteiger partial charge in [0.25, 0.3) is 10.1 Å². The van der Waals surface area contributed by atoms with Crippen molar-refractivity contribution in [3.63, 3.8) is 0 Å². The van der Waals surface area contributed by atoms with Crippen LogP contribution >= 0.6 is 0 Å². The lowest BCUT2D eigenvalue weighted by Gasteiger charge is -2.44. The van der Waals surface area contributed by atoms with Crippen molar-refractivity contribution in [2.24, 2.45) is 0 Å². The molecule has 2 heterocycles. The van der Waals surface area contributed by atoms with Gasteiger partial charge in [-0.3, -0.25) is 9.17 Å². The van der Waals surface area contributed by atoms with Gasteiger partial charge in [-0.1, -0.05) is 6.07 Å². The SMILES string of the molecule is CC(C)(C)OC(=O)N1CC[C@@](COS(C)(=O)=O)(c2ccccn2)[C@H](O)C1. The van der Waals surface area contributed by atoms with Crippen LogP contribution in [0.2, 0.25) is 0 Å². The summed E-state index contributed by atoms with van der Waals surface area (Å²) in [6, 6.07) is 5.21. The number of amides is 1. The molecule has 0 saturated carbocycles. The van der Waals surface area contributed by atoms with E-state index in [-0.39, 0.29) is 19.7 Å². The zero-order valence-electron chi connectivity index (χ0n) is 15.5. The highest BCUT2D eigenvalue weighted by Gasteiger charge is 2.47. The predicted octanol–water partition coefficient (Wildman–Crippen LogP) is 1.30. The average molecular weight is 386 g/mol. The van der Waals surface area contributed by atoms with Crippen molar-refractivity contribution in [1.82, 2.24) is 9.88 Å². The molecule has 9 heteroatoms. The number of rotatable bonds is 4. The van der Waals surface area contributed by atoms with E-state index in [4.69, 9.17) is 8.92 Å². The number of aliphatic hydroxyl groups excluding tert-OH is 1. The molecule has 0 aromatic carbocycles. The van der Waals surface area contributed by atoms with Gasteiger partial charge < -0.3 is 14.7 Å². The number of piperidine rings is 1. The number of pyridine rings is 1. The second kappa shape index (κ2) is 7.50. The number of likely N-dealkylation sites (tertiary alicyclic amines) is 1. The van der Waals surface area contributed by atoms with E-state index in [2.05, 4.69) is 4.98 Å². The van der Waals surface area contributed by atoms with E-state index in [0.717, 1.165) is 6.26 Å². The van der Waals surface area contributed by atoms with E-state index in [0.29, 0.717) is 12.1 Å². The number of aliphatic hydroxyl groups is 1. The first-order valence-corrected chi connectivity index (χ1v) is 10.2. The van der Waals surface area contributed by atoms with E-state index in [9.17, 15) is 18.3 Å². The fraction of sp³-hybridized carbons (Fsp3) is 0.647. The molecule has 1 aliphatic rings. The Morgan fingerprint density at radius 2 is 2.12 bits per heavy atom. The molecule has 8 nitrogen and oxygen atoms in total. The van der Waals surface area contributed by atoms with E-state index in [1.807, 2.05) is 0 Å². The van der Waals surface area contributed by atoms with Crippen molar-refractivity contribution in [2.45, 2.75) is 44.3 Å². The third kappa shape index (κ3) is 5.15. The van der Waals surface area contributed by atoms with E-state index in [1.54, 1.807) is 45.2 Å². The fourth-order valence-electron chi connectivity index (χ4n) is 2.88. The van der Waals surface area contributed by atoms with Gasteiger partial charge >= 0.3 is 6.09 Å². The molecule has 0 unspecified atom stereocenters. The average Bonchev–Trinajstić information content (AvgIpc) is 2.52. The Kier molecular flexibility index (Phi) is 5.94. The van der Waals surface area contributed by atoms with Gasteiger partial charge in [0.2, 0.25) is 0 Å². The normalized spacial score (nSPS) is 24.3. The van der Waals surface area contributed by atoms with Crippen LogP contribution in [0.25, 0.3) is 0 Å². The molecular formula is C17H26N2O6S. The van der Waals surface area contributed by atoms with Crippen LogP contribution in [0.15, 0.2) is 24.4 Å². The molecular weight excluding hydrogens is 360 g/mol. The minimum absolute atomic E-state index is 0.00138. The molecule has 1 amide bonds. The number of aromatic nitrogens is 1. The summed E-state index contributed by atoms with van der Waals surface area (Å²) in [6.45, 7) is 5.34. The first kappa shape index (κ1) is 20.6. The van der Waals surface area contributed by atoms with E-state index < -0.39 is 33.3 Å². The maximum Gasteiger partial charge on any atom is 0.410 e. The Morgan fingerprint density at radius 3 is 2.62 bits per heavy atom. The van der Waals surface area contributed by atoms with Crippen molar-refractivity contribution in [2.75, 3.05) is 26.0 Å². The Balaban J connectivity index is 2.24. The van der Waals surface area contributed by atoms with Gasteiger partial charge in [0.15, 0.2) is 0 Å². The van der Waals surface area contributed by atoms with Gasteiger partial charge in [-0.25, -0.2) is 4.79 Å². The fourth-order valence-corrected chi connectivity index (χ4v) is 3.30. The third-order valence-corrected chi connectivity index (χ3v) is 4.76. The zero-order chi connectivity index (χ0) is 19.6. The maximum atomic E-state index is 12.3. The van der Waals surface area contributed by atoms with Crippen LogP contribution in [0.1, 0.15) is 32.9 Å². The van der Waals surface area contributed by atoms with Crippen LogP contribution in [-0.2, 0) is 24.5 Å². The largest absolute Gasteiger partial charge is 0.444 e. The molecule has 1 saturated heterocycles. The molecule has 1 aromatic rings. The maximum absolute atomic E-state index is 12.3. The molecule has 1 fully saturated rings. The summed E-state index contributed by atoms with van der Waals surface area (Å²) < 4.78 is 33.3. The first-order valence-electron chi connectivity index (χ1n) is 8.35. The summed E-state index contributed by atoms with van der Waals surface area (Å²) >= 11 is 0. The summed E-state index contributed by atoms with van der Waals surface area (Å²) in [4.78, 5) is 18.0. The van der Waals surface area contributed by atoms with Crippen LogP contribution in [0.3, 0.4) is 0 Å². The molecule has 0 spiro atoms. The van der Waals surface area contributed by atoms with Gasteiger partial charge in [-0.2, -0.15) is 8.42 Å². The standard InChI is InChI=1S/C17H26N2O6S/c1-16(2,3)25-15(21)19-10-8-17(14(20)11-19,12-24-26(4,22)23)13-7-5-6-9-18-13/h5-7,9,14,20H,8,10-12H2,1-4H3/t14-,17-/m1/s1. The van der Waals surface area contributed by atoms with Crippen molar-refractivity contribution in [3.8, 4) is 0 Å². The number of hydrogen-bond donors (Lipinski definition) is 1. The topological polar surface area (TPSA) is 106 Å². The minimum atomic E-state index is -3.69. The number of carbonyl (C=O) groups excluding carboxylic acids is 1. The third-order valence-electron chi connectivity index (χ3n) is 4.22. The Bertz CT molecular complexity index is 731. The summed E-state index contributed by atoms with van der Waals surface area (Å²) in [6.07, 6.45) is 1.25. The highest BCUT2D eigenvalue weighted by atomic mass is 32.2. The lowest BCUT2D eigenvalue weighted by atomic mass is 9.74. The second-order valence-corrected chi connectivity index (χ2v) is 9.17. The molecule has 2 rings (SSSR count). The summed E-state index contributed by atoms with van der Waals surface area (Å²) in [5, 5.41) is 10.8. The van der Waals surface area contributed by atoms with Crippen molar-refractivity contribution >= 4 is 16.2 Å². The number of carbonyl (C=O) groups is 1. The summed E-state index contributed by atoms with van der Waals surface area (Å²) in [5.74, 6) is 0. The van der Waals surface area contributed by atoms with E-state index >= 15 is 0 Å². The van der Waals surface area contributed by atoms with Crippen molar-refractivity contribution in [3.05, 3.63) is 30.1 Å². The van der Waals surface area contributed by atoms with Gasteiger partial charge in [0, 0.05) is 12.7 Å². The van der Waals surface area contributed by atoms with Crippen LogP contribution < -0.4 is 0 Å². The Labute approximate surface area is 154 Å². The van der Waals surface area contributed by atoms with Crippen LogP contribution in [-0.4, -0.2) is 67.2 Å². The van der Waals surface area contributed by atoms with Crippen molar-refractivity contribution < 1.29 is 27.2 Å². The Hall–Kier alpha value is -1.71. The molecule has 2 atom stereocenters. The highest BCUT2D eigenvalue weighted by molar-refractivity contribution is 7.85. The summed E-state index contributed by atoms with van der Waals surface area (Å²) in [7, 11) is -3.69. The van der Waals surface area contributed by atoms with E-state index in [1.165, 1.54) is 4.90 Å². The van der Waals surface area contributed by atoms with Gasteiger partial charge in [0.05, 0.1) is 36.6 Å². The van der Waals surface area contributed by atoms with Crippen LogP contribution in [0.5, 0.6) is 0 Å². The van der Waals surface area contributed by atoms with Crippen LogP contribution in [0.4, 0.5) is 4.79 Å². The summed E-state index contributed by atoms with van der Waals surface area (Å²) in [5.41, 5.74) is -1.14. The van der Waals surface area contributed by atoms with Gasteiger partial charge in [0.1, 0.15) is 5.60 Å². The van der Waals surface area contributed by atoms with Crippen molar-refractivity contribution in [1.29, 1.82) is 0 Å². The van der Waals surface area contributed by atoms with Crippen LogP contribution in [0, 0.1) is 0 Å². The first-order chi connectivity index (χ1) is 11.9. The molecule has 0 aliphatic carbocycles. The smallest absolute Gasteiger partial charge is 0.410 e. The number of hydrogen-bond acceptors (Lipinski definition) is 7. The number of nitrogens with zero attached hydrogens (tertiary/aromatic N) is 2. The molecule has 1 aliphatic heterocycles. The molecule has 146 valence electrons. The molecule has 1 N–H and O–H groups in total. The predicted molar refractivity (Wildman–Crippen MR) is 95.1 cm³/mol. The zero-order valence-corrected chi connectivity index (χ0v) is 16.3. The van der Waals surface area contributed by atoms with Gasteiger partial charge in [-0.05, 0) is 39.3 Å². The molecule has 0 radical (unpaired) electrons. The molecule has 26 heavy (non-hydrogen) atoms. The molecule has 0 bridgehead atoms. The number of ether oxygens (including phenoxy) is 1. The van der Waals surface area contributed by atoms with Gasteiger partial charge in [-0.15, -0.1) is 0 Å².